The first kappa shape index (κ1) is 13.9. The lowest BCUT2D eigenvalue weighted by Gasteiger charge is -2.54. The van der Waals surface area contributed by atoms with Gasteiger partial charge in [0.25, 0.3) is 0 Å². The van der Waals surface area contributed by atoms with E-state index in [1.807, 2.05) is 0 Å². The topological polar surface area (TPSA) is 55.3 Å². The van der Waals surface area contributed by atoms with Crippen molar-refractivity contribution in [1.29, 1.82) is 0 Å². The van der Waals surface area contributed by atoms with Gasteiger partial charge in [-0.3, -0.25) is 5.01 Å². The van der Waals surface area contributed by atoms with E-state index in [1.54, 1.807) is 5.01 Å². The van der Waals surface area contributed by atoms with Gasteiger partial charge in [0.15, 0.2) is 0 Å². The molecule has 96 valence electrons. The lowest BCUT2D eigenvalue weighted by atomic mass is 9.96. The van der Waals surface area contributed by atoms with Crippen molar-refractivity contribution in [3.63, 3.8) is 0 Å². The van der Waals surface area contributed by atoms with Crippen LogP contribution in [0.4, 0.5) is 0 Å². The molecule has 0 aromatic carbocycles. The summed E-state index contributed by atoms with van der Waals surface area (Å²) in [6, 6.07) is 0. The third kappa shape index (κ3) is 2.11. The van der Waals surface area contributed by atoms with Crippen molar-refractivity contribution in [1.82, 2.24) is 5.01 Å². The van der Waals surface area contributed by atoms with Crippen molar-refractivity contribution in [3.05, 3.63) is 12.3 Å². The second kappa shape index (κ2) is 4.59. The molecule has 0 bridgehead atoms. The quantitative estimate of drug-likeness (QED) is 0.743. The maximum atomic E-state index is 6.02. The molecule has 0 amide bonds. The van der Waals surface area contributed by atoms with Crippen molar-refractivity contribution in [2.24, 2.45) is 17.5 Å². The molecular weight excluding hydrogens is 218 g/mol. The van der Waals surface area contributed by atoms with Crippen LogP contribution in [0, 0.1) is 5.92 Å². The highest BCUT2D eigenvalue weighted by Crippen LogP contribution is 2.56. The standard InChI is InChI=1S/C12H27N3S/c1-8(2)16(6,9(3)4)7-11-10(5)15(14)12(11)13/h8-9,11-12H,5,7,13-14H2,1-4,6H3/t11-,12+/m0/s1. The van der Waals surface area contributed by atoms with Crippen LogP contribution in [-0.4, -0.2) is 33.7 Å². The van der Waals surface area contributed by atoms with E-state index in [0.717, 1.165) is 21.9 Å². The zero-order valence-corrected chi connectivity index (χ0v) is 12.1. The van der Waals surface area contributed by atoms with E-state index < -0.39 is 10.0 Å². The smallest absolute Gasteiger partial charge is 0.101 e. The third-order valence-corrected chi connectivity index (χ3v) is 9.57. The molecule has 0 saturated carbocycles. The van der Waals surface area contributed by atoms with Crippen LogP contribution in [0.5, 0.6) is 0 Å². The number of nitrogens with zero attached hydrogens (tertiary/aromatic N) is 1. The first-order chi connectivity index (χ1) is 7.21. The molecule has 1 aliphatic heterocycles. The van der Waals surface area contributed by atoms with Gasteiger partial charge in [-0.2, -0.15) is 0 Å². The first-order valence-corrected chi connectivity index (χ1v) is 8.27. The SMILES string of the molecule is C=C1[C@H](CS(C)(C(C)C)C(C)C)[C@H](N)N1N. The number of hydrogen-bond donors (Lipinski definition) is 2. The Kier molecular flexibility index (Phi) is 3.98. The van der Waals surface area contributed by atoms with Crippen molar-refractivity contribution in [3.8, 4) is 0 Å². The molecular formula is C12H27N3S. The Balaban J connectivity index is 2.75. The zero-order chi connectivity index (χ0) is 12.7. The average molecular weight is 245 g/mol. The second-order valence-electron chi connectivity index (χ2n) is 5.49. The average Bonchev–Trinajstić information content (AvgIpc) is 2.23. The van der Waals surface area contributed by atoms with Crippen LogP contribution in [0.2, 0.25) is 0 Å². The summed E-state index contributed by atoms with van der Waals surface area (Å²) in [5, 5.41) is 3.05. The summed E-state index contributed by atoms with van der Waals surface area (Å²) in [4.78, 5) is 0. The van der Waals surface area contributed by atoms with Crippen LogP contribution >= 0.6 is 10.0 Å². The summed E-state index contributed by atoms with van der Waals surface area (Å²) in [6.45, 7) is 13.3. The molecule has 4 heteroatoms. The monoisotopic (exact) mass is 245 g/mol. The van der Waals surface area contributed by atoms with Crippen molar-refractivity contribution >= 4 is 10.0 Å². The summed E-state index contributed by atoms with van der Waals surface area (Å²) < 4.78 is 0. The van der Waals surface area contributed by atoms with Gasteiger partial charge in [-0.1, -0.05) is 34.3 Å². The predicted molar refractivity (Wildman–Crippen MR) is 75.3 cm³/mol. The van der Waals surface area contributed by atoms with Crippen molar-refractivity contribution < 1.29 is 0 Å². The lowest BCUT2D eigenvalue weighted by molar-refractivity contribution is 0.102. The van der Waals surface area contributed by atoms with Crippen molar-refractivity contribution in [2.75, 3.05) is 12.0 Å². The molecule has 0 unspecified atom stereocenters. The normalized spacial score (nSPS) is 27.6. The molecule has 0 spiro atoms. The Labute approximate surface area is 102 Å². The first-order valence-electron chi connectivity index (χ1n) is 5.93. The molecule has 1 aliphatic rings. The molecule has 3 nitrogen and oxygen atoms in total. The van der Waals surface area contributed by atoms with Gasteiger partial charge in [0.1, 0.15) is 6.17 Å². The number of rotatable bonds is 4. The van der Waals surface area contributed by atoms with Crippen LogP contribution in [0.3, 0.4) is 0 Å². The van der Waals surface area contributed by atoms with E-state index in [2.05, 4.69) is 40.5 Å². The van der Waals surface area contributed by atoms with Crippen molar-refractivity contribution in [2.45, 2.75) is 44.4 Å². The van der Waals surface area contributed by atoms with E-state index in [-0.39, 0.29) is 6.17 Å². The summed E-state index contributed by atoms with van der Waals surface area (Å²) in [7, 11) is -0.645. The van der Waals surface area contributed by atoms with E-state index in [9.17, 15) is 0 Å². The second-order valence-corrected chi connectivity index (χ2v) is 10.2. The fourth-order valence-corrected chi connectivity index (χ4v) is 5.22. The van der Waals surface area contributed by atoms with Crippen LogP contribution in [-0.2, 0) is 0 Å². The maximum absolute atomic E-state index is 6.02. The Morgan fingerprint density at radius 1 is 1.31 bits per heavy atom. The maximum Gasteiger partial charge on any atom is 0.101 e. The molecule has 4 N–H and O–H groups in total. The van der Waals surface area contributed by atoms with Gasteiger partial charge in [0.2, 0.25) is 0 Å². The molecule has 0 radical (unpaired) electrons. The molecule has 0 aliphatic carbocycles. The van der Waals surface area contributed by atoms with Crippen LogP contribution in [0.15, 0.2) is 12.3 Å². The minimum absolute atomic E-state index is 0.0307. The fourth-order valence-electron chi connectivity index (χ4n) is 2.20. The highest BCUT2D eigenvalue weighted by molar-refractivity contribution is 8.34. The largest absolute Gasteiger partial charge is 0.310 e. The van der Waals surface area contributed by atoms with Gasteiger partial charge in [0.05, 0.1) is 0 Å². The fraction of sp³-hybridized carbons (Fsp3) is 0.833. The molecule has 0 aromatic heterocycles. The van der Waals surface area contributed by atoms with E-state index in [1.165, 1.54) is 0 Å². The highest BCUT2D eigenvalue weighted by Gasteiger charge is 2.42. The number of hydrazine groups is 1. The molecule has 0 aromatic rings. The minimum Gasteiger partial charge on any atom is -0.310 e. The molecule has 1 rings (SSSR count). The molecule has 16 heavy (non-hydrogen) atoms. The van der Waals surface area contributed by atoms with Gasteiger partial charge in [0, 0.05) is 11.6 Å². The Morgan fingerprint density at radius 3 is 2.06 bits per heavy atom. The number of nitrogens with two attached hydrogens (primary N) is 2. The van der Waals surface area contributed by atoms with Crippen LogP contribution in [0.1, 0.15) is 27.7 Å². The Bertz CT molecular complexity index is 267. The molecule has 1 fully saturated rings. The summed E-state index contributed by atoms with van der Waals surface area (Å²) >= 11 is 0. The van der Waals surface area contributed by atoms with E-state index in [0.29, 0.717) is 5.92 Å². The Hall–Kier alpha value is -0.190. The predicted octanol–water partition coefficient (Wildman–Crippen LogP) is 1.84. The summed E-state index contributed by atoms with van der Waals surface area (Å²) in [5.41, 5.74) is 7.02. The van der Waals surface area contributed by atoms with Gasteiger partial charge in [-0.25, -0.2) is 15.9 Å². The third-order valence-electron chi connectivity index (χ3n) is 4.19. The lowest BCUT2D eigenvalue weighted by Crippen LogP contribution is -2.63. The minimum atomic E-state index is -0.645. The summed E-state index contributed by atoms with van der Waals surface area (Å²) in [6.07, 6.45) is 2.40. The zero-order valence-electron chi connectivity index (χ0n) is 11.2. The van der Waals surface area contributed by atoms with Gasteiger partial charge in [-0.05, 0) is 22.5 Å². The summed E-state index contributed by atoms with van der Waals surface area (Å²) in [5.74, 6) is 7.29. The van der Waals surface area contributed by atoms with Crippen LogP contribution in [0.25, 0.3) is 0 Å². The highest BCUT2D eigenvalue weighted by atomic mass is 32.3. The van der Waals surface area contributed by atoms with E-state index >= 15 is 0 Å². The van der Waals surface area contributed by atoms with Gasteiger partial charge < -0.3 is 5.73 Å². The van der Waals surface area contributed by atoms with E-state index in [4.69, 9.17) is 11.6 Å². The van der Waals surface area contributed by atoms with Gasteiger partial charge in [-0.15, -0.1) is 0 Å². The molecule has 2 atom stereocenters. The van der Waals surface area contributed by atoms with Crippen LogP contribution < -0.4 is 11.6 Å². The van der Waals surface area contributed by atoms with Gasteiger partial charge >= 0.3 is 0 Å². The Morgan fingerprint density at radius 2 is 1.75 bits per heavy atom. The number of hydrogen-bond acceptors (Lipinski definition) is 3. The molecule has 1 saturated heterocycles. The molecule has 1 heterocycles.